The highest BCUT2D eigenvalue weighted by Gasteiger charge is 2.17. The molecule has 0 atom stereocenters. The van der Waals surface area contributed by atoms with Crippen molar-refractivity contribution in [1.29, 1.82) is 0 Å². The van der Waals surface area contributed by atoms with Crippen LogP contribution < -0.4 is 4.74 Å². The lowest BCUT2D eigenvalue weighted by Gasteiger charge is -2.07. The zero-order valence-corrected chi connectivity index (χ0v) is 13.9. The molecule has 0 aliphatic heterocycles. The lowest BCUT2D eigenvalue weighted by molar-refractivity contribution is 0.0983. The van der Waals surface area contributed by atoms with Crippen molar-refractivity contribution in [2.75, 3.05) is 7.11 Å². The molecule has 116 valence electrons. The molecule has 23 heavy (non-hydrogen) atoms. The summed E-state index contributed by atoms with van der Waals surface area (Å²) in [5.74, 6) is -0.338. The minimum absolute atomic E-state index is 0.0120. The Hall–Kier alpha value is -2.47. The number of pyridine rings is 2. The third-order valence-electron chi connectivity index (χ3n) is 3.42. The number of fused-ring (bicyclic) bond motifs is 1. The Bertz CT molecular complexity index is 896. The maximum absolute atomic E-state index is 12.4. The van der Waals surface area contributed by atoms with Crippen molar-refractivity contribution in [3.63, 3.8) is 0 Å². The summed E-state index contributed by atoms with van der Waals surface area (Å²) in [4.78, 5) is 20.8. The van der Waals surface area contributed by atoms with Gasteiger partial charge in [0.05, 0.1) is 19.0 Å². The first-order valence-corrected chi connectivity index (χ1v) is 7.68. The number of benzene rings is 1. The van der Waals surface area contributed by atoms with Crippen LogP contribution in [0.15, 0.2) is 47.1 Å². The maximum atomic E-state index is 12.4. The molecule has 0 saturated heterocycles. The lowest BCUT2D eigenvalue weighted by atomic mass is 10.1. The molecule has 0 aliphatic rings. The average molecular weight is 373 g/mol. The normalized spacial score (nSPS) is 10.7. The first-order chi connectivity index (χ1) is 11.1. The molecule has 2 aromatic heterocycles. The number of halogens is 1. The third-order valence-corrected chi connectivity index (χ3v) is 3.92. The van der Waals surface area contributed by atoms with Gasteiger partial charge in [0, 0.05) is 27.8 Å². The molecule has 0 unspecified atom stereocenters. The van der Waals surface area contributed by atoms with Crippen molar-refractivity contribution in [3.8, 4) is 11.5 Å². The summed E-state index contributed by atoms with van der Waals surface area (Å²) in [6.45, 7) is 0. The van der Waals surface area contributed by atoms with Crippen molar-refractivity contribution >= 4 is 32.6 Å². The molecule has 3 aromatic rings. The van der Waals surface area contributed by atoms with Crippen molar-refractivity contribution in [3.05, 3.63) is 58.5 Å². The van der Waals surface area contributed by atoms with Gasteiger partial charge in [0.15, 0.2) is 23.0 Å². The Morgan fingerprint density at radius 2 is 2.09 bits per heavy atom. The van der Waals surface area contributed by atoms with Gasteiger partial charge in [-0.25, -0.2) is 4.98 Å². The van der Waals surface area contributed by atoms with Gasteiger partial charge in [0.25, 0.3) is 0 Å². The second-order valence-corrected chi connectivity index (χ2v) is 5.87. The Morgan fingerprint density at radius 3 is 2.87 bits per heavy atom. The second kappa shape index (κ2) is 6.34. The van der Waals surface area contributed by atoms with E-state index in [1.807, 2.05) is 24.3 Å². The molecule has 0 aliphatic carbocycles. The molecular formula is C17H13BrN2O3. The summed E-state index contributed by atoms with van der Waals surface area (Å²) in [7, 11) is 1.42. The quantitative estimate of drug-likeness (QED) is 0.709. The fraction of sp³-hybridized carbons (Fsp3) is 0.118. The monoisotopic (exact) mass is 372 g/mol. The van der Waals surface area contributed by atoms with Gasteiger partial charge < -0.3 is 9.84 Å². The van der Waals surface area contributed by atoms with Gasteiger partial charge in [-0.3, -0.25) is 9.78 Å². The summed E-state index contributed by atoms with van der Waals surface area (Å²) in [5.41, 5.74) is 1.41. The molecule has 0 bridgehead atoms. The second-order valence-electron chi connectivity index (χ2n) is 4.95. The van der Waals surface area contributed by atoms with E-state index in [0.717, 1.165) is 15.4 Å². The number of aromatic hydroxyl groups is 1. The number of nitrogens with zero attached hydrogens (tertiary/aromatic N) is 2. The average Bonchev–Trinajstić information content (AvgIpc) is 2.55. The van der Waals surface area contributed by atoms with Crippen LogP contribution in [0.5, 0.6) is 11.5 Å². The molecule has 5 nitrogen and oxygen atoms in total. The molecule has 1 N–H and O–H groups in total. The Morgan fingerprint density at radius 1 is 1.26 bits per heavy atom. The van der Waals surface area contributed by atoms with Crippen LogP contribution in [0.25, 0.3) is 10.9 Å². The van der Waals surface area contributed by atoms with Gasteiger partial charge in [-0.15, -0.1) is 0 Å². The highest BCUT2D eigenvalue weighted by Crippen LogP contribution is 2.28. The SMILES string of the molecule is COc1ccnc(C(=O)Cc2ccc3cc(Br)ccc3n2)c1O. The predicted molar refractivity (Wildman–Crippen MR) is 89.9 cm³/mol. The van der Waals surface area contributed by atoms with Gasteiger partial charge >= 0.3 is 0 Å². The smallest absolute Gasteiger partial charge is 0.191 e. The summed E-state index contributed by atoms with van der Waals surface area (Å²) < 4.78 is 5.97. The van der Waals surface area contributed by atoms with E-state index in [2.05, 4.69) is 25.9 Å². The molecule has 0 spiro atoms. The number of hydrogen-bond acceptors (Lipinski definition) is 5. The summed E-state index contributed by atoms with van der Waals surface area (Å²) >= 11 is 3.41. The van der Waals surface area contributed by atoms with Crippen molar-refractivity contribution in [1.82, 2.24) is 9.97 Å². The van der Waals surface area contributed by atoms with Crippen LogP contribution in [-0.4, -0.2) is 28.0 Å². The maximum Gasteiger partial charge on any atom is 0.191 e. The first-order valence-electron chi connectivity index (χ1n) is 6.89. The number of carbonyl (C=O) groups is 1. The van der Waals surface area contributed by atoms with Crippen LogP contribution in [0.2, 0.25) is 0 Å². The number of rotatable bonds is 4. The number of hydrogen-bond donors (Lipinski definition) is 1. The Kier molecular flexibility index (Phi) is 4.25. The summed E-state index contributed by atoms with van der Waals surface area (Å²) in [6.07, 6.45) is 1.48. The molecule has 0 fully saturated rings. The molecule has 0 radical (unpaired) electrons. The van der Waals surface area contributed by atoms with E-state index < -0.39 is 0 Å². The van der Waals surface area contributed by atoms with Gasteiger partial charge in [0.1, 0.15) is 0 Å². The fourth-order valence-electron chi connectivity index (χ4n) is 2.29. The van der Waals surface area contributed by atoms with Gasteiger partial charge in [0.2, 0.25) is 0 Å². The largest absolute Gasteiger partial charge is 0.503 e. The highest BCUT2D eigenvalue weighted by molar-refractivity contribution is 9.10. The van der Waals surface area contributed by atoms with Crippen LogP contribution in [-0.2, 0) is 6.42 Å². The summed E-state index contributed by atoms with van der Waals surface area (Å²) in [5, 5.41) is 11.0. The first kappa shape index (κ1) is 15.4. The zero-order chi connectivity index (χ0) is 16.4. The minimum atomic E-state index is -0.314. The third kappa shape index (κ3) is 3.17. The van der Waals surface area contributed by atoms with E-state index in [1.165, 1.54) is 19.4 Å². The molecule has 3 rings (SSSR count). The van der Waals surface area contributed by atoms with E-state index in [4.69, 9.17) is 4.74 Å². The van der Waals surface area contributed by atoms with E-state index >= 15 is 0 Å². The number of aromatic nitrogens is 2. The van der Waals surface area contributed by atoms with Crippen LogP contribution in [0.1, 0.15) is 16.2 Å². The molecule has 0 amide bonds. The standard InChI is InChI=1S/C17H13BrN2O3/c1-23-15-6-7-19-16(17(15)22)14(21)9-12-4-2-10-8-11(18)3-5-13(10)20-12/h2-8,22H,9H2,1H3. The summed E-state index contributed by atoms with van der Waals surface area (Å²) in [6, 6.07) is 10.9. The topological polar surface area (TPSA) is 72.3 Å². The van der Waals surface area contributed by atoms with E-state index in [0.29, 0.717) is 5.69 Å². The predicted octanol–water partition coefficient (Wildman–Crippen LogP) is 3.53. The minimum Gasteiger partial charge on any atom is -0.503 e. The zero-order valence-electron chi connectivity index (χ0n) is 12.3. The number of carbonyl (C=O) groups excluding carboxylic acids is 1. The van der Waals surface area contributed by atoms with Crippen LogP contribution >= 0.6 is 15.9 Å². The molecule has 6 heteroatoms. The number of ether oxygens (including phenoxy) is 1. The van der Waals surface area contributed by atoms with Gasteiger partial charge in [-0.2, -0.15) is 0 Å². The van der Waals surface area contributed by atoms with E-state index in [-0.39, 0.29) is 29.4 Å². The number of Topliss-reactive ketones (excluding diaryl/α,β-unsaturated/α-hetero) is 1. The molecule has 1 aromatic carbocycles. The van der Waals surface area contributed by atoms with Gasteiger partial charge in [-0.05, 0) is 24.3 Å². The molecular weight excluding hydrogens is 360 g/mol. The number of methoxy groups -OCH3 is 1. The van der Waals surface area contributed by atoms with Crippen LogP contribution in [0, 0.1) is 0 Å². The van der Waals surface area contributed by atoms with Crippen LogP contribution in [0.3, 0.4) is 0 Å². The molecule has 2 heterocycles. The Balaban J connectivity index is 1.90. The van der Waals surface area contributed by atoms with Crippen molar-refractivity contribution in [2.45, 2.75) is 6.42 Å². The van der Waals surface area contributed by atoms with Crippen LogP contribution in [0.4, 0.5) is 0 Å². The highest BCUT2D eigenvalue weighted by atomic mass is 79.9. The van der Waals surface area contributed by atoms with Gasteiger partial charge in [-0.1, -0.05) is 22.0 Å². The van der Waals surface area contributed by atoms with E-state index in [9.17, 15) is 9.90 Å². The number of ketones is 1. The Labute approximate surface area is 141 Å². The van der Waals surface area contributed by atoms with Crippen molar-refractivity contribution < 1.29 is 14.6 Å². The van der Waals surface area contributed by atoms with Crippen molar-refractivity contribution in [2.24, 2.45) is 0 Å². The van der Waals surface area contributed by atoms with E-state index in [1.54, 1.807) is 6.07 Å². The lowest BCUT2D eigenvalue weighted by Crippen LogP contribution is -2.08. The fourth-order valence-corrected chi connectivity index (χ4v) is 2.67. The molecule has 0 saturated carbocycles.